The maximum Gasteiger partial charge on any atom is 0.253 e. The van der Waals surface area contributed by atoms with Crippen molar-refractivity contribution < 1.29 is 4.79 Å². The van der Waals surface area contributed by atoms with Crippen molar-refractivity contribution in [2.75, 3.05) is 31.6 Å². The van der Waals surface area contributed by atoms with Crippen LogP contribution in [0.15, 0.2) is 18.5 Å². The number of piperidine rings is 1. The number of nitrogens with zero attached hydrogens (tertiary/aromatic N) is 2. The number of amides is 1. The minimum absolute atomic E-state index is 0.118. The van der Waals surface area contributed by atoms with Gasteiger partial charge in [-0.15, -0.1) is 0 Å². The van der Waals surface area contributed by atoms with Crippen molar-refractivity contribution in [2.45, 2.75) is 19.3 Å². The van der Waals surface area contributed by atoms with Crippen LogP contribution >= 0.6 is 0 Å². The number of nitrogen functional groups attached to an aromatic ring is 1. The molecule has 4 N–H and O–H groups in total. The molecule has 1 aromatic heterocycles. The number of rotatable bonds is 5. The zero-order chi connectivity index (χ0) is 13.5. The van der Waals surface area contributed by atoms with Crippen LogP contribution in [0.4, 0.5) is 5.69 Å². The highest BCUT2D eigenvalue weighted by atomic mass is 16.1. The molecule has 1 fully saturated rings. The zero-order valence-electron chi connectivity index (χ0n) is 11.1. The fourth-order valence-corrected chi connectivity index (χ4v) is 2.31. The van der Waals surface area contributed by atoms with Crippen LogP contribution in [-0.2, 0) is 0 Å². The smallest absolute Gasteiger partial charge is 0.253 e. The molecule has 104 valence electrons. The molecule has 1 saturated heterocycles. The van der Waals surface area contributed by atoms with Gasteiger partial charge in [0.2, 0.25) is 0 Å². The van der Waals surface area contributed by atoms with Gasteiger partial charge >= 0.3 is 0 Å². The first kappa shape index (κ1) is 13.8. The van der Waals surface area contributed by atoms with Crippen molar-refractivity contribution in [1.29, 1.82) is 0 Å². The fourth-order valence-electron chi connectivity index (χ4n) is 2.31. The van der Waals surface area contributed by atoms with Crippen LogP contribution in [0.2, 0.25) is 0 Å². The summed E-state index contributed by atoms with van der Waals surface area (Å²) in [5.41, 5.74) is 3.55. The Kier molecular flexibility index (Phi) is 5.11. The first-order valence-electron chi connectivity index (χ1n) is 6.72. The van der Waals surface area contributed by atoms with Gasteiger partial charge in [0, 0.05) is 19.3 Å². The van der Waals surface area contributed by atoms with Gasteiger partial charge in [0.15, 0.2) is 0 Å². The predicted octanol–water partition coefficient (Wildman–Crippen LogP) is 0.583. The number of aromatic nitrogens is 1. The van der Waals surface area contributed by atoms with Crippen LogP contribution in [0, 0.1) is 0 Å². The molecule has 6 heteroatoms. The van der Waals surface area contributed by atoms with Gasteiger partial charge in [0.05, 0.1) is 17.4 Å². The summed E-state index contributed by atoms with van der Waals surface area (Å²) in [6.45, 7) is 3.84. The molecular weight excluding hydrogens is 242 g/mol. The minimum atomic E-state index is -0.118. The topological polar surface area (TPSA) is 83.3 Å². The monoisotopic (exact) mass is 263 g/mol. The molecule has 1 aliphatic heterocycles. The highest BCUT2D eigenvalue weighted by molar-refractivity contribution is 5.99. The Morgan fingerprint density at radius 1 is 1.37 bits per heavy atom. The van der Waals surface area contributed by atoms with E-state index in [1.54, 1.807) is 18.5 Å². The molecule has 2 heterocycles. The SMILES string of the molecule is NNc1cnccc1C(=O)NCCN1CCCCC1. The van der Waals surface area contributed by atoms with Crippen molar-refractivity contribution in [2.24, 2.45) is 5.84 Å². The second kappa shape index (κ2) is 7.06. The molecule has 0 radical (unpaired) electrons. The standard InChI is InChI=1S/C13H21N5O/c14-17-12-10-15-5-4-11(12)13(19)16-6-9-18-7-2-1-3-8-18/h4-5,10,17H,1-3,6-9,14H2,(H,16,19). The van der Waals surface area contributed by atoms with Gasteiger partial charge in [0.25, 0.3) is 5.91 Å². The molecule has 0 aliphatic carbocycles. The Bertz CT molecular complexity index is 417. The number of hydrogen-bond acceptors (Lipinski definition) is 5. The summed E-state index contributed by atoms with van der Waals surface area (Å²) < 4.78 is 0. The van der Waals surface area contributed by atoms with Gasteiger partial charge in [-0.05, 0) is 32.0 Å². The lowest BCUT2D eigenvalue weighted by atomic mass is 10.1. The van der Waals surface area contributed by atoms with E-state index in [9.17, 15) is 4.79 Å². The third-order valence-electron chi connectivity index (χ3n) is 3.38. The van der Waals surface area contributed by atoms with Gasteiger partial charge in [0.1, 0.15) is 0 Å². The number of hydrazine groups is 1. The van der Waals surface area contributed by atoms with Crippen LogP contribution in [-0.4, -0.2) is 42.0 Å². The number of carbonyl (C=O) groups excluding carboxylic acids is 1. The van der Waals surface area contributed by atoms with Gasteiger partial charge in [-0.2, -0.15) is 0 Å². The lowest BCUT2D eigenvalue weighted by Crippen LogP contribution is -2.37. The highest BCUT2D eigenvalue weighted by Gasteiger charge is 2.12. The van der Waals surface area contributed by atoms with E-state index in [4.69, 9.17) is 5.84 Å². The first-order chi connectivity index (χ1) is 9.31. The van der Waals surface area contributed by atoms with Crippen LogP contribution in [0.3, 0.4) is 0 Å². The Morgan fingerprint density at radius 2 is 2.16 bits per heavy atom. The van der Waals surface area contributed by atoms with Crippen molar-refractivity contribution in [3.05, 3.63) is 24.0 Å². The zero-order valence-corrected chi connectivity index (χ0v) is 11.1. The van der Waals surface area contributed by atoms with Crippen LogP contribution in [0.1, 0.15) is 29.6 Å². The third kappa shape index (κ3) is 3.90. The Balaban J connectivity index is 1.80. The molecule has 1 amide bonds. The molecule has 2 rings (SSSR count). The number of pyridine rings is 1. The summed E-state index contributed by atoms with van der Waals surface area (Å²) >= 11 is 0. The van der Waals surface area contributed by atoms with Gasteiger partial charge in [-0.25, -0.2) is 0 Å². The predicted molar refractivity (Wildman–Crippen MR) is 74.7 cm³/mol. The van der Waals surface area contributed by atoms with Crippen LogP contribution in [0.5, 0.6) is 0 Å². The summed E-state index contributed by atoms with van der Waals surface area (Å²) in [6.07, 6.45) is 6.98. The quantitative estimate of drug-likeness (QED) is 0.535. The number of carbonyl (C=O) groups is 1. The highest BCUT2D eigenvalue weighted by Crippen LogP contribution is 2.11. The van der Waals surface area contributed by atoms with E-state index in [-0.39, 0.29) is 5.91 Å². The molecular formula is C13H21N5O. The molecule has 0 bridgehead atoms. The van der Waals surface area contributed by atoms with Crippen molar-refractivity contribution in [1.82, 2.24) is 15.2 Å². The number of nitrogens with two attached hydrogens (primary N) is 1. The second-order valence-corrected chi connectivity index (χ2v) is 4.72. The lowest BCUT2D eigenvalue weighted by Gasteiger charge is -2.26. The maximum absolute atomic E-state index is 12.0. The molecule has 19 heavy (non-hydrogen) atoms. The number of hydrogen-bond donors (Lipinski definition) is 3. The summed E-state index contributed by atoms with van der Waals surface area (Å²) in [5.74, 6) is 5.24. The van der Waals surface area contributed by atoms with E-state index in [0.717, 1.165) is 19.6 Å². The van der Waals surface area contributed by atoms with E-state index in [2.05, 4.69) is 20.6 Å². The largest absolute Gasteiger partial charge is 0.351 e. The summed E-state index contributed by atoms with van der Waals surface area (Å²) in [5, 5.41) is 2.92. The molecule has 0 saturated carbocycles. The normalized spacial score (nSPS) is 16.1. The summed E-state index contributed by atoms with van der Waals surface area (Å²) in [4.78, 5) is 18.3. The van der Waals surface area contributed by atoms with Gasteiger partial charge in [-0.1, -0.05) is 6.42 Å². The second-order valence-electron chi connectivity index (χ2n) is 4.72. The Labute approximate surface area is 113 Å². The molecule has 0 spiro atoms. The number of anilines is 1. The third-order valence-corrected chi connectivity index (χ3v) is 3.38. The maximum atomic E-state index is 12.0. The van der Waals surface area contributed by atoms with E-state index in [1.807, 2.05) is 0 Å². The van der Waals surface area contributed by atoms with Crippen molar-refractivity contribution in [3.8, 4) is 0 Å². The Morgan fingerprint density at radius 3 is 2.89 bits per heavy atom. The first-order valence-corrected chi connectivity index (χ1v) is 6.72. The van der Waals surface area contributed by atoms with E-state index >= 15 is 0 Å². The molecule has 0 unspecified atom stereocenters. The average molecular weight is 263 g/mol. The van der Waals surface area contributed by atoms with Gasteiger partial charge < -0.3 is 15.6 Å². The van der Waals surface area contributed by atoms with Crippen molar-refractivity contribution >= 4 is 11.6 Å². The average Bonchev–Trinajstić information content (AvgIpc) is 2.48. The molecule has 1 aromatic rings. The number of nitrogens with one attached hydrogen (secondary N) is 2. The fraction of sp³-hybridized carbons (Fsp3) is 0.538. The van der Waals surface area contributed by atoms with E-state index < -0.39 is 0 Å². The van der Waals surface area contributed by atoms with Crippen LogP contribution in [0.25, 0.3) is 0 Å². The van der Waals surface area contributed by atoms with E-state index in [1.165, 1.54) is 19.3 Å². The summed E-state index contributed by atoms with van der Waals surface area (Å²) in [6, 6.07) is 1.66. The molecule has 6 nitrogen and oxygen atoms in total. The van der Waals surface area contributed by atoms with Crippen molar-refractivity contribution in [3.63, 3.8) is 0 Å². The summed E-state index contributed by atoms with van der Waals surface area (Å²) in [7, 11) is 0. The van der Waals surface area contributed by atoms with Crippen LogP contribution < -0.4 is 16.6 Å². The van der Waals surface area contributed by atoms with Gasteiger partial charge in [-0.3, -0.25) is 15.6 Å². The molecule has 0 atom stereocenters. The molecule has 0 aromatic carbocycles. The number of likely N-dealkylation sites (tertiary alicyclic amines) is 1. The van der Waals surface area contributed by atoms with E-state index in [0.29, 0.717) is 17.8 Å². The Hall–Kier alpha value is -1.66. The minimum Gasteiger partial charge on any atom is -0.351 e. The lowest BCUT2D eigenvalue weighted by molar-refractivity contribution is 0.0947. The molecule has 1 aliphatic rings.